The van der Waals surface area contributed by atoms with Crippen molar-refractivity contribution in [1.29, 1.82) is 0 Å². The summed E-state index contributed by atoms with van der Waals surface area (Å²) in [4.78, 5) is 26.3. The summed E-state index contributed by atoms with van der Waals surface area (Å²) in [6.45, 7) is 15.9. The standard InChI is InChI=1S/C61H84O9/c1-7-12-17-22-43-64-55-40-33-52(60(67-46-25-20-15-10-4)61(55)68-47-26-21-16-11-5)35-42-57(63)70-54-38-31-50(32-39-54)49-29-36-53(37-30-49)69-56(62)41-34-51-28-27-48(6)58(65-44-23-18-13-8-2)59(51)66-45-24-19-14-9-3/h27-42H,7-26,43-47H2,1-6H3. The minimum atomic E-state index is -0.514. The van der Waals surface area contributed by atoms with E-state index in [-0.39, 0.29) is 0 Å². The van der Waals surface area contributed by atoms with Gasteiger partial charge in [-0.2, -0.15) is 0 Å². The lowest BCUT2D eigenvalue weighted by molar-refractivity contribution is -0.129. The molecule has 0 N–H and O–H groups in total. The second-order valence-corrected chi connectivity index (χ2v) is 18.0. The molecular weight excluding hydrogens is 877 g/mol. The van der Waals surface area contributed by atoms with Crippen molar-refractivity contribution in [3.63, 3.8) is 0 Å². The Morgan fingerprint density at radius 2 is 0.714 bits per heavy atom. The van der Waals surface area contributed by atoms with Gasteiger partial charge in [0.2, 0.25) is 5.75 Å². The molecule has 9 heteroatoms. The summed E-state index contributed by atoms with van der Waals surface area (Å²) in [6.07, 6.45) is 28.2. The van der Waals surface area contributed by atoms with E-state index in [0.717, 1.165) is 136 Å². The summed E-state index contributed by atoms with van der Waals surface area (Å²) in [5, 5.41) is 0. The van der Waals surface area contributed by atoms with Gasteiger partial charge in [0.25, 0.3) is 0 Å². The van der Waals surface area contributed by atoms with Gasteiger partial charge in [-0.1, -0.05) is 167 Å². The molecule has 4 aromatic rings. The number of carbonyl (C=O) groups is 2. The zero-order valence-corrected chi connectivity index (χ0v) is 43.6. The van der Waals surface area contributed by atoms with Crippen molar-refractivity contribution < 1.29 is 42.7 Å². The Morgan fingerprint density at radius 1 is 0.371 bits per heavy atom. The molecule has 0 atom stereocenters. The van der Waals surface area contributed by atoms with Crippen molar-refractivity contribution in [1.82, 2.24) is 0 Å². The van der Waals surface area contributed by atoms with E-state index in [1.54, 1.807) is 36.4 Å². The van der Waals surface area contributed by atoms with Crippen LogP contribution in [-0.2, 0) is 9.59 Å². The van der Waals surface area contributed by atoms with E-state index in [1.807, 2.05) is 55.5 Å². The predicted molar refractivity (Wildman–Crippen MR) is 287 cm³/mol. The minimum absolute atomic E-state index is 0.412. The van der Waals surface area contributed by atoms with Crippen molar-refractivity contribution in [2.75, 3.05) is 33.0 Å². The molecule has 0 amide bonds. The highest BCUT2D eigenvalue weighted by molar-refractivity contribution is 5.90. The predicted octanol–water partition coefficient (Wildman–Crippen LogP) is 16.7. The SMILES string of the molecule is CCCCCCOc1ccc(C=CC(=O)Oc2ccc(-c3ccc(OC(=O)C=Cc4ccc(C)c(OCCCCCC)c4OCCCCCC)cc3)cc2)c(OCCCCCC)c1OCCCCCC. The fraction of sp³-hybridized carbons (Fsp3) is 0.508. The van der Waals surface area contributed by atoms with Crippen LogP contribution in [0.1, 0.15) is 180 Å². The second kappa shape index (κ2) is 34.6. The number of rotatable bonds is 37. The first kappa shape index (κ1) is 56.9. The number of benzene rings is 4. The summed E-state index contributed by atoms with van der Waals surface area (Å²) >= 11 is 0. The molecule has 4 aromatic carbocycles. The molecule has 0 aliphatic carbocycles. The number of aryl methyl sites for hydroxylation is 1. The minimum Gasteiger partial charge on any atom is -0.490 e. The van der Waals surface area contributed by atoms with Crippen molar-refractivity contribution in [3.8, 4) is 51.4 Å². The Kier molecular flexibility index (Phi) is 28.1. The Balaban J connectivity index is 1.40. The molecule has 4 rings (SSSR count). The molecular formula is C61H84O9. The van der Waals surface area contributed by atoms with Gasteiger partial charge in [-0.3, -0.25) is 0 Å². The molecule has 0 heterocycles. The third-order valence-electron chi connectivity index (χ3n) is 12.0. The maximum absolute atomic E-state index is 13.2. The van der Waals surface area contributed by atoms with Gasteiger partial charge < -0.3 is 33.2 Å². The molecule has 0 saturated carbocycles. The maximum Gasteiger partial charge on any atom is 0.336 e. The number of ether oxygens (including phenoxy) is 7. The molecule has 0 spiro atoms. The Labute approximate surface area is 421 Å². The van der Waals surface area contributed by atoms with E-state index >= 15 is 0 Å². The lowest BCUT2D eigenvalue weighted by Gasteiger charge is -2.19. The Morgan fingerprint density at radius 3 is 1.11 bits per heavy atom. The Bertz CT molecular complexity index is 2140. The van der Waals surface area contributed by atoms with Gasteiger partial charge in [-0.15, -0.1) is 0 Å². The number of unbranched alkanes of at least 4 members (excludes halogenated alkanes) is 15. The molecule has 0 aliphatic rings. The highest BCUT2D eigenvalue weighted by Crippen LogP contribution is 2.42. The van der Waals surface area contributed by atoms with Crippen molar-refractivity contribution in [3.05, 3.63) is 102 Å². The second-order valence-electron chi connectivity index (χ2n) is 18.0. The van der Waals surface area contributed by atoms with Gasteiger partial charge in [0, 0.05) is 23.3 Å². The number of hydrogen-bond donors (Lipinski definition) is 0. The van der Waals surface area contributed by atoms with Crippen LogP contribution in [-0.4, -0.2) is 45.0 Å². The summed E-state index contributed by atoms with van der Waals surface area (Å²) in [5.41, 5.74) is 4.31. The van der Waals surface area contributed by atoms with Crippen LogP contribution in [0, 0.1) is 6.92 Å². The molecule has 9 nitrogen and oxygen atoms in total. The maximum atomic E-state index is 13.2. The molecule has 382 valence electrons. The molecule has 0 aliphatic heterocycles. The van der Waals surface area contributed by atoms with E-state index in [2.05, 4.69) is 34.6 Å². The van der Waals surface area contributed by atoms with Gasteiger partial charge >= 0.3 is 11.9 Å². The van der Waals surface area contributed by atoms with Gasteiger partial charge in [0.05, 0.1) is 33.0 Å². The van der Waals surface area contributed by atoms with E-state index in [0.29, 0.717) is 67.5 Å². The fourth-order valence-corrected chi connectivity index (χ4v) is 7.80. The van der Waals surface area contributed by atoms with Crippen LogP contribution in [0.25, 0.3) is 23.3 Å². The molecule has 0 bridgehead atoms. The van der Waals surface area contributed by atoms with Crippen LogP contribution in [0.15, 0.2) is 84.9 Å². The van der Waals surface area contributed by atoms with E-state index in [9.17, 15) is 9.59 Å². The van der Waals surface area contributed by atoms with Crippen molar-refractivity contribution in [2.24, 2.45) is 0 Å². The van der Waals surface area contributed by atoms with Crippen LogP contribution in [0.4, 0.5) is 0 Å². The Hall–Kier alpha value is -5.70. The van der Waals surface area contributed by atoms with Gasteiger partial charge in [-0.25, -0.2) is 9.59 Å². The smallest absolute Gasteiger partial charge is 0.336 e. The zero-order valence-electron chi connectivity index (χ0n) is 43.6. The highest BCUT2D eigenvalue weighted by Gasteiger charge is 2.19. The van der Waals surface area contributed by atoms with Crippen LogP contribution in [0.5, 0.6) is 40.2 Å². The summed E-state index contributed by atoms with van der Waals surface area (Å²) < 4.78 is 43.2. The molecule has 0 saturated heterocycles. The van der Waals surface area contributed by atoms with E-state index in [4.69, 9.17) is 33.2 Å². The van der Waals surface area contributed by atoms with Crippen LogP contribution in [0.2, 0.25) is 0 Å². The average molecular weight is 961 g/mol. The zero-order chi connectivity index (χ0) is 50.0. The van der Waals surface area contributed by atoms with Crippen molar-refractivity contribution in [2.45, 2.75) is 170 Å². The van der Waals surface area contributed by atoms with Crippen LogP contribution < -0.4 is 33.2 Å². The first-order valence-corrected chi connectivity index (χ1v) is 26.8. The lowest BCUT2D eigenvalue weighted by atomic mass is 10.1. The first-order chi connectivity index (χ1) is 34.3. The summed E-state index contributed by atoms with van der Waals surface area (Å²) in [7, 11) is 0. The topological polar surface area (TPSA) is 98.8 Å². The van der Waals surface area contributed by atoms with Crippen LogP contribution >= 0.6 is 0 Å². The largest absolute Gasteiger partial charge is 0.490 e. The normalized spacial score (nSPS) is 11.3. The summed E-state index contributed by atoms with van der Waals surface area (Å²) in [5.74, 6) is 3.07. The molecule has 0 aromatic heterocycles. The monoisotopic (exact) mass is 961 g/mol. The fourth-order valence-electron chi connectivity index (χ4n) is 7.80. The van der Waals surface area contributed by atoms with Gasteiger partial charge in [0.15, 0.2) is 23.0 Å². The van der Waals surface area contributed by atoms with E-state index < -0.39 is 11.9 Å². The molecule has 0 radical (unpaired) electrons. The molecule has 0 unspecified atom stereocenters. The van der Waals surface area contributed by atoms with E-state index in [1.165, 1.54) is 37.8 Å². The first-order valence-electron chi connectivity index (χ1n) is 26.8. The number of carbonyl (C=O) groups excluding carboxylic acids is 2. The number of esters is 2. The molecule has 70 heavy (non-hydrogen) atoms. The quantitative estimate of drug-likeness (QED) is 0.0189. The highest BCUT2D eigenvalue weighted by atomic mass is 16.5. The van der Waals surface area contributed by atoms with Gasteiger partial charge in [0.1, 0.15) is 11.5 Å². The third kappa shape index (κ3) is 21.1. The third-order valence-corrected chi connectivity index (χ3v) is 12.0. The number of hydrogen-bond acceptors (Lipinski definition) is 9. The van der Waals surface area contributed by atoms with Crippen LogP contribution in [0.3, 0.4) is 0 Å². The average Bonchev–Trinajstić information content (AvgIpc) is 3.36. The summed E-state index contributed by atoms with van der Waals surface area (Å²) in [6, 6.07) is 22.4. The molecule has 0 fully saturated rings. The van der Waals surface area contributed by atoms with Gasteiger partial charge in [-0.05, 0) is 104 Å². The van der Waals surface area contributed by atoms with Crippen molar-refractivity contribution >= 4 is 24.1 Å². The lowest BCUT2D eigenvalue weighted by Crippen LogP contribution is -2.08.